The minimum Gasteiger partial charge on any atom is -0.494 e. The molecule has 3 aromatic carbocycles. The molecular formula is C31H29F3N4O3. The molecule has 1 atom stereocenters. The smallest absolute Gasteiger partial charge is 0.258 e. The molecule has 4 heterocycles. The van der Waals surface area contributed by atoms with Crippen LogP contribution >= 0.6 is 0 Å². The van der Waals surface area contributed by atoms with Crippen molar-refractivity contribution in [2.75, 3.05) is 50.9 Å². The van der Waals surface area contributed by atoms with E-state index >= 15 is 4.39 Å². The monoisotopic (exact) mass is 562 g/mol. The average molecular weight is 563 g/mol. The van der Waals surface area contributed by atoms with E-state index in [0.717, 1.165) is 73.6 Å². The fraction of sp³-hybridized carbons (Fsp3) is 0.323. The normalized spacial score (nSPS) is 18.8. The van der Waals surface area contributed by atoms with Gasteiger partial charge in [0, 0.05) is 48.8 Å². The number of hydrogen-bond donors (Lipinski definition) is 1. The number of nitrogens with one attached hydrogen (secondary N) is 1. The molecular weight excluding hydrogens is 533 g/mol. The summed E-state index contributed by atoms with van der Waals surface area (Å²) in [5, 5.41) is 0.961. The standard InChI is InChI=1S/C31H29F3N4O3/c32-19-3-1-4-21(15-19)38-29-25(16-20(33)17-26(29)34)31(39)37-9-7-23-24-18-22(5-6-27(24)35-28(23)30(37)38)41-12-2-8-36-10-13-40-14-11-36/h1,3-6,15-18,30,35H,2,7-14H2. The number of fused-ring (bicyclic) bond motifs is 6. The average Bonchev–Trinajstić information content (AvgIpc) is 3.35. The first-order valence-electron chi connectivity index (χ1n) is 13.9. The zero-order valence-corrected chi connectivity index (χ0v) is 22.3. The molecule has 1 N–H and O–H groups in total. The molecule has 1 fully saturated rings. The summed E-state index contributed by atoms with van der Waals surface area (Å²) in [5.41, 5.74) is 2.75. The van der Waals surface area contributed by atoms with E-state index in [2.05, 4.69) is 9.88 Å². The highest BCUT2D eigenvalue weighted by Gasteiger charge is 2.45. The first-order valence-corrected chi connectivity index (χ1v) is 13.9. The van der Waals surface area contributed by atoms with E-state index in [1.807, 2.05) is 18.2 Å². The van der Waals surface area contributed by atoms with Crippen LogP contribution in [0.4, 0.5) is 24.5 Å². The lowest BCUT2D eigenvalue weighted by molar-refractivity contribution is 0.0358. The van der Waals surface area contributed by atoms with Crippen LogP contribution in [0.3, 0.4) is 0 Å². The maximum Gasteiger partial charge on any atom is 0.258 e. The minimum atomic E-state index is -0.881. The number of H-pyrrole nitrogens is 1. The van der Waals surface area contributed by atoms with Gasteiger partial charge in [0.15, 0.2) is 12.0 Å². The van der Waals surface area contributed by atoms with Crippen LogP contribution in [0.15, 0.2) is 54.6 Å². The van der Waals surface area contributed by atoms with Gasteiger partial charge in [-0.15, -0.1) is 0 Å². The number of hydrogen-bond acceptors (Lipinski definition) is 5. The van der Waals surface area contributed by atoms with Gasteiger partial charge in [0.25, 0.3) is 5.91 Å². The van der Waals surface area contributed by atoms with Crippen molar-refractivity contribution in [3.8, 4) is 5.75 Å². The quantitative estimate of drug-likeness (QED) is 0.313. The van der Waals surface area contributed by atoms with Crippen LogP contribution in [-0.2, 0) is 11.2 Å². The lowest BCUT2D eigenvalue weighted by atomic mass is 9.94. The van der Waals surface area contributed by atoms with Crippen LogP contribution in [0.1, 0.15) is 34.2 Å². The number of aromatic nitrogens is 1. The van der Waals surface area contributed by atoms with Crippen LogP contribution in [0.5, 0.6) is 5.75 Å². The Hall–Kier alpha value is -4.02. The molecule has 1 saturated heterocycles. The third-order valence-corrected chi connectivity index (χ3v) is 8.15. The summed E-state index contributed by atoms with van der Waals surface area (Å²) in [4.78, 5) is 22.6. The lowest BCUT2D eigenvalue weighted by Gasteiger charge is -2.47. The Morgan fingerprint density at radius 1 is 0.976 bits per heavy atom. The predicted octanol–water partition coefficient (Wildman–Crippen LogP) is 5.54. The van der Waals surface area contributed by atoms with E-state index in [1.54, 1.807) is 15.9 Å². The van der Waals surface area contributed by atoms with Gasteiger partial charge in [-0.3, -0.25) is 9.69 Å². The third kappa shape index (κ3) is 4.61. The van der Waals surface area contributed by atoms with Gasteiger partial charge < -0.3 is 24.3 Å². The summed E-state index contributed by atoms with van der Waals surface area (Å²) in [6.45, 7) is 5.29. The molecule has 1 aromatic heterocycles. The number of carbonyl (C=O) groups excluding carboxylic acids is 1. The van der Waals surface area contributed by atoms with Crippen LogP contribution in [-0.4, -0.2) is 66.7 Å². The number of morpholine rings is 1. The Labute approximate surface area is 235 Å². The maximum absolute atomic E-state index is 15.4. The molecule has 0 saturated carbocycles. The summed E-state index contributed by atoms with van der Waals surface area (Å²) in [5.74, 6) is -1.94. The van der Waals surface area contributed by atoms with Crippen LogP contribution in [0.2, 0.25) is 0 Å². The Balaban J connectivity index is 1.24. The Morgan fingerprint density at radius 3 is 2.66 bits per heavy atom. The van der Waals surface area contributed by atoms with Crippen molar-refractivity contribution in [3.05, 3.63) is 88.9 Å². The van der Waals surface area contributed by atoms with Gasteiger partial charge in [-0.25, -0.2) is 13.2 Å². The van der Waals surface area contributed by atoms with Crippen molar-refractivity contribution in [1.82, 2.24) is 14.8 Å². The maximum atomic E-state index is 15.4. The van der Waals surface area contributed by atoms with Gasteiger partial charge >= 0.3 is 0 Å². The molecule has 4 aromatic rings. The van der Waals surface area contributed by atoms with Crippen molar-refractivity contribution in [2.24, 2.45) is 0 Å². The highest BCUT2D eigenvalue weighted by atomic mass is 19.1. The van der Waals surface area contributed by atoms with Gasteiger partial charge in [0.2, 0.25) is 0 Å². The Kier molecular flexibility index (Phi) is 6.59. The van der Waals surface area contributed by atoms with Gasteiger partial charge in [-0.2, -0.15) is 0 Å². The van der Waals surface area contributed by atoms with E-state index in [9.17, 15) is 13.6 Å². The summed E-state index contributed by atoms with van der Waals surface area (Å²) in [6.07, 6.45) is 0.671. The predicted molar refractivity (Wildman–Crippen MR) is 148 cm³/mol. The zero-order chi connectivity index (χ0) is 28.1. The number of benzene rings is 3. The molecule has 10 heteroatoms. The van der Waals surface area contributed by atoms with E-state index < -0.39 is 29.5 Å². The summed E-state index contributed by atoms with van der Waals surface area (Å²) in [7, 11) is 0. The van der Waals surface area contributed by atoms with Gasteiger partial charge in [0.05, 0.1) is 36.8 Å². The zero-order valence-electron chi connectivity index (χ0n) is 22.3. The molecule has 3 aliphatic rings. The number of nitrogens with zero attached hydrogens (tertiary/aromatic N) is 3. The van der Waals surface area contributed by atoms with Crippen LogP contribution in [0.25, 0.3) is 10.9 Å². The second kappa shape index (κ2) is 10.4. The molecule has 212 valence electrons. The van der Waals surface area contributed by atoms with E-state index in [-0.39, 0.29) is 11.3 Å². The van der Waals surface area contributed by atoms with Crippen molar-refractivity contribution in [3.63, 3.8) is 0 Å². The fourth-order valence-electron chi connectivity index (χ4n) is 6.27. The minimum absolute atomic E-state index is 0.0703. The van der Waals surface area contributed by atoms with Gasteiger partial charge in [0.1, 0.15) is 17.4 Å². The second-order valence-corrected chi connectivity index (χ2v) is 10.6. The largest absolute Gasteiger partial charge is 0.494 e. The number of rotatable bonds is 6. The van der Waals surface area contributed by atoms with Crippen molar-refractivity contribution in [2.45, 2.75) is 19.0 Å². The lowest BCUT2D eigenvalue weighted by Crippen LogP contribution is -2.51. The number of halogens is 3. The molecule has 0 spiro atoms. The van der Waals surface area contributed by atoms with E-state index in [1.165, 1.54) is 18.2 Å². The summed E-state index contributed by atoms with van der Waals surface area (Å²) in [6, 6.07) is 13.4. The number of carbonyl (C=O) groups is 1. The second-order valence-electron chi connectivity index (χ2n) is 10.6. The van der Waals surface area contributed by atoms with Crippen molar-refractivity contribution < 1.29 is 27.4 Å². The summed E-state index contributed by atoms with van der Waals surface area (Å²) >= 11 is 0. The molecule has 7 nitrogen and oxygen atoms in total. The number of aromatic amines is 1. The molecule has 1 amide bonds. The first-order chi connectivity index (χ1) is 20.0. The third-order valence-electron chi connectivity index (χ3n) is 8.15. The Morgan fingerprint density at radius 2 is 1.83 bits per heavy atom. The van der Waals surface area contributed by atoms with E-state index in [4.69, 9.17) is 9.47 Å². The summed E-state index contributed by atoms with van der Waals surface area (Å²) < 4.78 is 55.6. The molecule has 41 heavy (non-hydrogen) atoms. The van der Waals surface area contributed by atoms with Gasteiger partial charge in [-0.1, -0.05) is 6.07 Å². The highest BCUT2D eigenvalue weighted by Crippen LogP contribution is 2.48. The Bertz CT molecular complexity index is 1630. The van der Waals surface area contributed by atoms with Crippen LogP contribution < -0.4 is 9.64 Å². The van der Waals surface area contributed by atoms with Crippen molar-refractivity contribution >= 4 is 28.2 Å². The topological polar surface area (TPSA) is 61.0 Å². The number of amides is 1. The SMILES string of the molecule is O=C1c2cc(F)cc(F)c2N(c2cccc(F)c2)C2c3[nH]c4ccc(OCCCN5CCOCC5)cc4c3CCN12. The first kappa shape index (κ1) is 25.9. The molecule has 1 unspecified atom stereocenters. The fourth-order valence-corrected chi connectivity index (χ4v) is 6.27. The highest BCUT2D eigenvalue weighted by molar-refractivity contribution is 6.04. The molecule has 7 rings (SSSR count). The molecule has 0 bridgehead atoms. The van der Waals surface area contributed by atoms with Crippen LogP contribution in [0, 0.1) is 17.5 Å². The molecule has 0 radical (unpaired) electrons. The van der Waals surface area contributed by atoms with Crippen molar-refractivity contribution in [1.29, 1.82) is 0 Å². The molecule has 0 aliphatic carbocycles. The molecule has 3 aliphatic heterocycles. The number of anilines is 2. The van der Waals surface area contributed by atoms with E-state index in [0.29, 0.717) is 31.0 Å². The number of ether oxygens (including phenoxy) is 2. The van der Waals surface area contributed by atoms with Gasteiger partial charge in [-0.05, 0) is 60.9 Å².